The fourth-order valence-corrected chi connectivity index (χ4v) is 1.94. The Kier molecular flexibility index (Phi) is 2.18. The lowest BCUT2D eigenvalue weighted by Gasteiger charge is -2.02. The van der Waals surface area contributed by atoms with E-state index in [0.717, 1.165) is 33.6 Å². The molecule has 3 rings (SSSR count). The first kappa shape index (κ1) is 10.0. The first-order valence-corrected chi connectivity index (χ1v) is 5.55. The van der Waals surface area contributed by atoms with Crippen LogP contribution in [0.2, 0.25) is 0 Å². The van der Waals surface area contributed by atoms with Crippen LogP contribution in [0.3, 0.4) is 0 Å². The largest absolute Gasteiger partial charge is 0.354 e. The van der Waals surface area contributed by atoms with E-state index in [1.54, 1.807) is 0 Å². The first-order chi connectivity index (χ1) is 8.25. The Morgan fingerprint density at radius 3 is 2.59 bits per heavy atom. The van der Waals surface area contributed by atoms with Gasteiger partial charge in [-0.1, -0.05) is 35.5 Å². The molecular weight excluding hydrogens is 212 g/mol. The van der Waals surface area contributed by atoms with Crippen LogP contribution in [0.15, 0.2) is 40.9 Å². The number of benzene rings is 1. The summed E-state index contributed by atoms with van der Waals surface area (Å²) >= 11 is 0. The fraction of sp³-hybridized carbons (Fsp3) is 0.143. The summed E-state index contributed by atoms with van der Waals surface area (Å²) in [6, 6.07) is 12.2. The van der Waals surface area contributed by atoms with Crippen molar-refractivity contribution in [2.24, 2.45) is 0 Å². The minimum atomic E-state index is 0.780. The van der Waals surface area contributed by atoms with Crippen molar-refractivity contribution >= 4 is 11.1 Å². The SMILES string of the molecule is Cc1noc2c(C)cc(-c3ccccc3)nc12. The van der Waals surface area contributed by atoms with Crippen molar-refractivity contribution in [3.63, 3.8) is 0 Å². The second kappa shape index (κ2) is 3.70. The van der Waals surface area contributed by atoms with Crippen LogP contribution in [-0.4, -0.2) is 10.1 Å². The van der Waals surface area contributed by atoms with Gasteiger partial charge in [-0.05, 0) is 25.5 Å². The van der Waals surface area contributed by atoms with Crippen molar-refractivity contribution in [1.82, 2.24) is 10.1 Å². The van der Waals surface area contributed by atoms with E-state index >= 15 is 0 Å². The van der Waals surface area contributed by atoms with Crippen molar-refractivity contribution in [3.8, 4) is 11.3 Å². The minimum Gasteiger partial charge on any atom is -0.354 e. The van der Waals surface area contributed by atoms with E-state index in [1.807, 2.05) is 38.1 Å². The molecule has 0 aliphatic rings. The highest BCUT2D eigenvalue weighted by Crippen LogP contribution is 2.25. The smallest absolute Gasteiger partial charge is 0.188 e. The molecule has 17 heavy (non-hydrogen) atoms. The Balaban J connectivity index is 2.28. The monoisotopic (exact) mass is 224 g/mol. The van der Waals surface area contributed by atoms with Gasteiger partial charge in [0.2, 0.25) is 0 Å². The predicted octanol–water partition coefficient (Wildman–Crippen LogP) is 3.51. The second-order valence-electron chi connectivity index (χ2n) is 4.14. The Morgan fingerprint density at radius 2 is 1.82 bits per heavy atom. The summed E-state index contributed by atoms with van der Waals surface area (Å²) < 4.78 is 5.26. The van der Waals surface area contributed by atoms with Gasteiger partial charge in [-0.25, -0.2) is 4.98 Å². The number of hydrogen-bond acceptors (Lipinski definition) is 3. The molecule has 0 N–H and O–H groups in total. The molecule has 0 radical (unpaired) electrons. The number of aromatic nitrogens is 2. The normalized spacial score (nSPS) is 10.9. The number of nitrogens with zero attached hydrogens (tertiary/aromatic N) is 2. The van der Waals surface area contributed by atoms with Crippen LogP contribution in [-0.2, 0) is 0 Å². The molecule has 0 atom stereocenters. The van der Waals surface area contributed by atoms with Gasteiger partial charge in [0.25, 0.3) is 0 Å². The topological polar surface area (TPSA) is 38.9 Å². The average Bonchev–Trinajstić information content (AvgIpc) is 2.73. The molecule has 0 fully saturated rings. The summed E-state index contributed by atoms with van der Waals surface area (Å²) in [5.41, 5.74) is 5.60. The molecule has 0 saturated heterocycles. The van der Waals surface area contributed by atoms with Crippen LogP contribution >= 0.6 is 0 Å². The highest BCUT2D eigenvalue weighted by molar-refractivity contribution is 5.81. The molecule has 0 aliphatic carbocycles. The van der Waals surface area contributed by atoms with Crippen LogP contribution in [0.1, 0.15) is 11.3 Å². The van der Waals surface area contributed by atoms with Gasteiger partial charge in [-0.15, -0.1) is 0 Å². The molecule has 1 aromatic carbocycles. The van der Waals surface area contributed by atoms with Gasteiger partial charge in [0.15, 0.2) is 5.58 Å². The third-order valence-corrected chi connectivity index (χ3v) is 2.84. The van der Waals surface area contributed by atoms with E-state index in [1.165, 1.54) is 0 Å². The van der Waals surface area contributed by atoms with Gasteiger partial charge in [0, 0.05) is 5.56 Å². The van der Waals surface area contributed by atoms with E-state index in [9.17, 15) is 0 Å². The molecule has 0 unspecified atom stereocenters. The third-order valence-electron chi connectivity index (χ3n) is 2.84. The van der Waals surface area contributed by atoms with E-state index in [4.69, 9.17) is 4.52 Å². The van der Waals surface area contributed by atoms with Crippen LogP contribution in [0, 0.1) is 13.8 Å². The number of pyridine rings is 1. The van der Waals surface area contributed by atoms with Crippen molar-refractivity contribution in [2.45, 2.75) is 13.8 Å². The zero-order chi connectivity index (χ0) is 11.8. The second-order valence-corrected chi connectivity index (χ2v) is 4.14. The third kappa shape index (κ3) is 1.60. The molecule has 0 amide bonds. The summed E-state index contributed by atoms with van der Waals surface area (Å²) in [5.74, 6) is 0. The van der Waals surface area contributed by atoms with Crippen molar-refractivity contribution in [1.29, 1.82) is 0 Å². The standard InChI is InChI=1S/C14H12N2O/c1-9-8-12(11-6-4-3-5-7-11)15-13-10(2)16-17-14(9)13/h3-8H,1-2H3. The molecule has 3 aromatic rings. The van der Waals surface area contributed by atoms with Gasteiger partial charge in [0.05, 0.1) is 5.69 Å². The Hall–Kier alpha value is -2.16. The lowest BCUT2D eigenvalue weighted by atomic mass is 10.1. The van der Waals surface area contributed by atoms with E-state index in [2.05, 4.69) is 22.3 Å². The van der Waals surface area contributed by atoms with Gasteiger partial charge in [0.1, 0.15) is 11.2 Å². The summed E-state index contributed by atoms with van der Waals surface area (Å²) in [7, 11) is 0. The number of hydrogen-bond donors (Lipinski definition) is 0. The molecule has 84 valence electrons. The molecule has 0 saturated carbocycles. The first-order valence-electron chi connectivity index (χ1n) is 5.55. The highest BCUT2D eigenvalue weighted by Gasteiger charge is 2.11. The lowest BCUT2D eigenvalue weighted by Crippen LogP contribution is -1.87. The van der Waals surface area contributed by atoms with Gasteiger partial charge in [-0.2, -0.15) is 0 Å². The van der Waals surface area contributed by atoms with E-state index in [0.29, 0.717) is 0 Å². The molecule has 2 heterocycles. The fourth-order valence-electron chi connectivity index (χ4n) is 1.94. The summed E-state index contributed by atoms with van der Waals surface area (Å²) in [5, 5.41) is 3.95. The number of fused-ring (bicyclic) bond motifs is 1. The molecule has 0 aliphatic heterocycles. The number of aryl methyl sites for hydroxylation is 2. The molecule has 0 bridgehead atoms. The zero-order valence-corrected chi connectivity index (χ0v) is 9.77. The average molecular weight is 224 g/mol. The van der Waals surface area contributed by atoms with E-state index in [-0.39, 0.29) is 0 Å². The van der Waals surface area contributed by atoms with Gasteiger partial charge in [-0.3, -0.25) is 0 Å². The Bertz CT molecular complexity index is 671. The maximum atomic E-state index is 5.26. The van der Waals surface area contributed by atoms with Crippen molar-refractivity contribution in [3.05, 3.63) is 47.7 Å². The Morgan fingerprint density at radius 1 is 1.06 bits per heavy atom. The molecule has 2 aromatic heterocycles. The molecule has 3 nitrogen and oxygen atoms in total. The molecule has 3 heteroatoms. The summed E-state index contributed by atoms with van der Waals surface area (Å²) in [6.07, 6.45) is 0. The predicted molar refractivity (Wildman–Crippen MR) is 66.7 cm³/mol. The zero-order valence-electron chi connectivity index (χ0n) is 9.77. The molecular formula is C14H12N2O. The minimum absolute atomic E-state index is 0.780. The maximum Gasteiger partial charge on any atom is 0.188 e. The number of rotatable bonds is 1. The lowest BCUT2D eigenvalue weighted by molar-refractivity contribution is 0.449. The van der Waals surface area contributed by atoms with Crippen molar-refractivity contribution < 1.29 is 4.52 Å². The van der Waals surface area contributed by atoms with Crippen LogP contribution in [0.5, 0.6) is 0 Å². The molecule has 0 spiro atoms. The van der Waals surface area contributed by atoms with Gasteiger partial charge < -0.3 is 4.52 Å². The quantitative estimate of drug-likeness (QED) is 0.635. The van der Waals surface area contributed by atoms with Crippen LogP contribution in [0.4, 0.5) is 0 Å². The van der Waals surface area contributed by atoms with Crippen molar-refractivity contribution in [2.75, 3.05) is 0 Å². The van der Waals surface area contributed by atoms with E-state index < -0.39 is 0 Å². The summed E-state index contributed by atoms with van der Waals surface area (Å²) in [4.78, 5) is 4.61. The maximum absolute atomic E-state index is 5.26. The van der Waals surface area contributed by atoms with Crippen LogP contribution in [0.25, 0.3) is 22.4 Å². The van der Waals surface area contributed by atoms with Crippen LogP contribution < -0.4 is 0 Å². The highest BCUT2D eigenvalue weighted by atomic mass is 16.5. The summed E-state index contributed by atoms with van der Waals surface area (Å²) in [6.45, 7) is 3.92. The van der Waals surface area contributed by atoms with Gasteiger partial charge >= 0.3 is 0 Å². The Labute approximate surface area is 99.1 Å².